The highest BCUT2D eigenvalue weighted by molar-refractivity contribution is 5.95. The molecular weight excluding hydrogens is 350 g/mol. The number of nitrogens with zero attached hydrogens (tertiary/aromatic N) is 3. The van der Waals surface area contributed by atoms with Gasteiger partial charge < -0.3 is 14.2 Å². The summed E-state index contributed by atoms with van der Waals surface area (Å²) in [5, 5.41) is 0. The first kappa shape index (κ1) is 19.1. The van der Waals surface area contributed by atoms with Crippen molar-refractivity contribution in [3.8, 4) is 5.75 Å². The van der Waals surface area contributed by atoms with E-state index in [9.17, 15) is 4.79 Å². The first-order chi connectivity index (χ1) is 13.4. The van der Waals surface area contributed by atoms with Crippen LogP contribution in [0.1, 0.15) is 52.8 Å². The third kappa shape index (κ3) is 3.55. The molecule has 1 amide bonds. The van der Waals surface area contributed by atoms with Crippen molar-refractivity contribution in [2.24, 2.45) is 0 Å². The minimum absolute atomic E-state index is 0.175. The highest BCUT2D eigenvalue weighted by Crippen LogP contribution is 2.27. The van der Waals surface area contributed by atoms with Crippen LogP contribution in [0.5, 0.6) is 5.75 Å². The first-order valence-corrected chi connectivity index (χ1v) is 10.4. The number of rotatable bonds is 4. The van der Waals surface area contributed by atoms with E-state index in [2.05, 4.69) is 61.4 Å². The molecule has 0 radical (unpaired) electrons. The van der Waals surface area contributed by atoms with Gasteiger partial charge in [0.05, 0.1) is 12.2 Å². The zero-order chi connectivity index (χ0) is 19.8. The van der Waals surface area contributed by atoms with Gasteiger partial charge in [-0.1, -0.05) is 12.1 Å². The Morgan fingerprint density at radius 1 is 1.11 bits per heavy atom. The van der Waals surface area contributed by atoms with E-state index in [4.69, 9.17) is 4.74 Å². The molecule has 0 bridgehead atoms. The first-order valence-electron chi connectivity index (χ1n) is 10.4. The van der Waals surface area contributed by atoms with Gasteiger partial charge in [-0.15, -0.1) is 0 Å². The van der Waals surface area contributed by atoms with E-state index in [1.807, 2.05) is 4.90 Å². The van der Waals surface area contributed by atoms with Crippen LogP contribution in [0.3, 0.4) is 0 Å². The predicted octanol–water partition coefficient (Wildman–Crippen LogP) is 3.58. The van der Waals surface area contributed by atoms with E-state index >= 15 is 0 Å². The van der Waals surface area contributed by atoms with Gasteiger partial charge in [-0.05, 0) is 51.0 Å². The molecule has 0 atom stereocenters. The number of aryl methyl sites for hydroxylation is 1. The maximum atomic E-state index is 13.1. The Bertz CT molecular complexity index is 876. The van der Waals surface area contributed by atoms with E-state index < -0.39 is 0 Å². The van der Waals surface area contributed by atoms with Crippen LogP contribution in [0.2, 0.25) is 0 Å². The van der Waals surface area contributed by atoms with Crippen molar-refractivity contribution < 1.29 is 9.53 Å². The fraction of sp³-hybridized carbons (Fsp3) is 0.522. The quantitative estimate of drug-likeness (QED) is 0.812. The molecule has 0 aliphatic carbocycles. The van der Waals surface area contributed by atoms with Crippen LogP contribution >= 0.6 is 0 Å². The number of carbonyl (C=O) groups excluding carboxylic acids is 1. The smallest absolute Gasteiger partial charge is 0.255 e. The Kier molecular flexibility index (Phi) is 5.19. The summed E-state index contributed by atoms with van der Waals surface area (Å²) in [7, 11) is 0. The Morgan fingerprint density at radius 2 is 1.86 bits per heavy atom. The lowest BCUT2D eigenvalue weighted by molar-refractivity contribution is 0.0627. The monoisotopic (exact) mass is 381 g/mol. The van der Waals surface area contributed by atoms with Crippen LogP contribution in [-0.4, -0.2) is 53.1 Å². The highest BCUT2D eigenvalue weighted by Gasteiger charge is 2.26. The number of ether oxygens (including phenoxy) is 1. The molecule has 28 heavy (non-hydrogen) atoms. The minimum atomic E-state index is 0.175. The summed E-state index contributed by atoms with van der Waals surface area (Å²) >= 11 is 0. The molecule has 0 N–H and O–H groups in total. The summed E-state index contributed by atoms with van der Waals surface area (Å²) in [6, 6.07) is 8.97. The SMILES string of the molecule is Cc1cc(C(=O)N2CCN(Cc3ccc4c(c3)CCO4)CC2)c(C)n1C(C)C. The second-order valence-corrected chi connectivity index (χ2v) is 8.36. The Hall–Kier alpha value is -2.27. The predicted molar refractivity (Wildman–Crippen MR) is 111 cm³/mol. The molecule has 5 nitrogen and oxygen atoms in total. The van der Waals surface area contributed by atoms with E-state index in [0.29, 0.717) is 6.04 Å². The molecule has 5 heteroatoms. The average Bonchev–Trinajstić information content (AvgIpc) is 3.25. The number of benzene rings is 1. The topological polar surface area (TPSA) is 37.7 Å². The van der Waals surface area contributed by atoms with E-state index in [1.165, 1.54) is 11.1 Å². The molecule has 1 aromatic heterocycles. The molecule has 0 spiro atoms. The van der Waals surface area contributed by atoms with Gasteiger partial charge >= 0.3 is 0 Å². The molecule has 1 fully saturated rings. The van der Waals surface area contributed by atoms with Crippen molar-refractivity contribution in [2.45, 2.75) is 46.7 Å². The summed E-state index contributed by atoms with van der Waals surface area (Å²) in [6.45, 7) is 13.6. The molecular formula is C23H31N3O2. The Labute approximate surface area is 167 Å². The van der Waals surface area contributed by atoms with Gasteiger partial charge in [0.1, 0.15) is 5.75 Å². The third-order valence-electron chi connectivity index (χ3n) is 6.05. The number of hydrogen-bond donors (Lipinski definition) is 0. The molecule has 0 unspecified atom stereocenters. The van der Waals surface area contributed by atoms with Crippen molar-refractivity contribution in [3.05, 3.63) is 52.3 Å². The molecule has 2 aliphatic rings. The van der Waals surface area contributed by atoms with Gasteiger partial charge in [-0.2, -0.15) is 0 Å². The van der Waals surface area contributed by atoms with Crippen LogP contribution in [0.15, 0.2) is 24.3 Å². The fourth-order valence-corrected chi connectivity index (χ4v) is 4.66. The Balaban J connectivity index is 1.38. The van der Waals surface area contributed by atoms with E-state index in [0.717, 1.165) is 68.5 Å². The Morgan fingerprint density at radius 3 is 2.54 bits per heavy atom. The van der Waals surface area contributed by atoms with Crippen LogP contribution < -0.4 is 4.74 Å². The second-order valence-electron chi connectivity index (χ2n) is 8.36. The zero-order valence-electron chi connectivity index (χ0n) is 17.5. The maximum absolute atomic E-state index is 13.1. The fourth-order valence-electron chi connectivity index (χ4n) is 4.66. The maximum Gasteiger partial charge on any atom is 0.255 e. The summed E-state index contributed by atoms with van der Waals surface area (Å²) in [6.07, 6.45) is 1.01. The normalized spacial score (nSPS) is 17.1. The number of amides is 1. The van der Waals surface area contributed by atoms with Crippen LogP contribution in [0.25, 0.3) is 0 Å². The molecule has 1 aromatic carbocycles. The number of aromatic nitrogens is 1. The van der Waals surface area contributed by atoms with Gasteiger partial charge in [0, 0.05) is 56.6 Å². The van der Waals surface area contributed by atoms with Crippen molar-refractivity contribution in [1.82, 2.24) is 14.4 Å². The van der Waals surface area contributed by atoms with Crippen molar-refractivity contribution in [1.29, 1.82) is 0 Å². The second kappa shape index (κ2) is 7.63. The highest BCUT2D eigenvalue weighted by atomic mass is 16.5. The molecule has 0 saturated carbocycles. The van der Waals surface area contributed by atoms with Gasteiger partial charge in [0.15, 0.2) is 0 Å². The van der Waals surface area contributed by atoms with Gasteiger partial charge in [0.2, 0.25) is 0 Å². The lowest BCUT2D eigenvalue weighted by Crippen LogP contribution is -2.48. The van der Waals surface area contributed by atoms with Crippen LogP contribution in [0.4, 0.5) is 0 Å². The van der Waals surface area contributed by atoms with Crippen molar-refractivity contribution in [3.63, 3.8) is 0 Å². The molecule has 4 rings (SSSR count). The minimum Gasteiger partial charge on any atom is -0.493 e. The van der Waals surface area contributed by atoms with Crippen LogP contribution in [0, 0.1) is 13.8 Å². The van der Waals surface area contributed by atoms with Crippen molar-refractivity contribution in [2.75, 3.05) is 32.8 Å². The lowest BCUT2D eigenvalue weighted by atomic mass is 10.1. The summed E-state index contributed by atoms with van der Waals surface area (Å²) in [5.74, 6) is 1.22. The zero-order valence-corrected chi connectivity index (χ0v) is 17.5. The summed E-state index contributed by atoms with van der Waals surface area (Å²) in [5.41, 5.74) is 5.77. The number of hydrogen-bond acceptors (Lipinski definition) is 3. The molecule has 2 aliphatic heterocycles. The number of carbonyl (C=O) groups is 1. The average molecular weight is 382 g/mol. The van der Waals surface area contributed by atoms with Gasteiger partial charge in [0.25, 0.3) is 5.91 Å². The molecule has 150 valence electrons. The standard InChI is InChI=1S/C23H31N3O2/c1-16(2)26-17(3)13-21(18(26)4)23(27)25-10-8-24(9-11-25)15-19-5-6-22-20(14-19)7-12-28-22/h5-6,13-14,16H,7-12,15H2,1-4H3. The lowest BCUT2D eigenvalue weighted by Gasteiger charge is -2.35. The number of piperazine rings is 1. The summed E-state index contributed by atoms with van der Waals surface area (Å²) in [4.78, 5) is 17.5. The van der Waals surface area contributed by atoms with Gasteiger partial charge in [-0.3, -0.25) is 9.69 Å². The van der Waals surface area contributed by atoms with Crippen molar-refractivity contribution >= 4 is 5.91 Å². The number of fused-ring (bicyclic) bond motifs is 1. The molecule has 3 heterocycles. The van der Waals surface area contributed by atoms with E-state index in [-0.39, 0.29) is 5.91 Å². The van der Waals surface area contributed by atoms with Gasteiger partial charge in [-0.25, -0.2) is 0 Å². The largest absolute Gasteiger partial charge is 0.493 e. The molecule has 1 saturated heterocycles. The third-order valence-corrected chi connectivity index (χ3v) is 6.05. The van der Waals surface area contributed by atoms with Crippen LogP contribution in [-0.2, 0) is 13.0 Å². The summed E-state index contributed by atoms with van der Waals surface area (Å²) < 4.78 is 7.85. The molecule has 2 aromatic rings. The van der Waals surface area contributed by atoms with E-state index in [1.54, 1.807) is 0 Å².